The first-order chi connectivity index (χ1) is 14.7. The molecule has 0 aliphatic carbocycles. The number of aliphatic imine (C=N–C) groups is 1. The zero-order valence-corrected chi connectivity index (χ0v) is 19.6. The first-order valence-corrected chi connectivity index (χ1v) is 11.2. The van der Waals surface area contributed by atoms with Crippen molar-refractivity contribution in [1.29, 1.82) is 0 Å². The maximum absolute atomic E-state index is 13.3. The predicted octanol–water partition coefficient (Wildman–Crippen LogP) is 1.89. The van der Waals surface area contributed by atoms with Crippen LogP contribution >= 0.6 is 12.4 Å². The summed E-state index contributed by atoms with van der Waals surface area (Å²) in [5.41, 5.74) is 5.48. The van der Waals surface area contributed by atoms with E-state index in [1.165, 1.54) is 24.1 Å². The first kappa shape index (κ1) is 25.4. The highest BCUT2D eigenvalue weighted by Crippen LogP contribution is 2.40. The Balaban J connectivity index is 0.00000363. The van der Waals surface area contributed by atoms with E-state index in [0.29, 0.717) is 23.5 Å². The molecule has 32 heavy (non-hydrogen) atoms. The number of benzene rings is 2. The predicted molar refractivity (Wildman–Crippen MR) is 123 cm³/mol. The molecule has 2 aromatic rings. The fourth-order valence-electron chi connectivity index (χ4n) is 3.28. The van der Waals surface area contributed by atoms with E-state index >= 15 is 0 Å². The highest BCUT2D eigenvalue weighted by Gasteiger charge is 2.49. The van der Waals surface area contributed by atoms with Crippen molar-refractivity contribution in [3.8, 4) is 11.5 Å². The minimum atomic E-state index is -3.87. The van der Waals surface area contributed by atoms with E-state index in [4.69, 9.17) is 19.4 Å². The van der Waals surface area contributed by atoms with Gasteiger partial charge in [-0.25, -0.2) is 4.99 Å². The number of halogens is 1. The monoisotopic (exact) mass is 483 g/mol. The van der Waals surface area contributed by atoms with Crippen LogP contribution in [0.3, 0.4) is 0 Å². The van der Waals surface area contributed by atoms with Gasteiger partial charge in [-0.3, -0.25) is 9.69 Å². The number of hydrogen-bond acceptors (Lipinski definition) is 8. The summed E-state index contributed by atoms with van der Waals surface area (Å²) < 4.78 is 40.0. The van der Waals surface area contributed by atoms with E-state index in [0.717, 1.165) is 0 Å². The van der Waals surface area contributed by atoms with Gasteiger partial charge in [0, 0.05) is 13.7 Å². The highest BCUT2D eigenvalue weighted by molar-refractivity contribution is 7.87. The zero-order valence-electron chi connectivity index (χ0n) is 18.0. The first-order valence-electron chi connectivity index (χ1n) is 9.62. The van der Waals surface area contributed by atoms with Crippen LogP contribution in [-0.2, 0) is 25.2 Å². The molecule has 0 radical (unpaired) electrons. The lowest BCUT2D eigenvalue weighted by atomic mass is 9.82. The van der Waals surface area contributed by atoms with Crippen molar-refractivity contribution in [2.75, 3.05) is 33.1 Å². The van der Waals surface area contributed by atoms with Crippen LogP contribution in [0.1, 0.15) is 18.1 Å². The molecule has 1 atom stereocenters. The molecule has 0 aromatic heterocycles. The third kappa shape index (κ3) is 4.98. The number of nitrogens with zero attached hydrogens (tertiary/aromatic N) is 2. The number of amides is 1. The maximum Gasteiger partial charge on any atom is 0.311 e. The Labute approximate surface area is 193 Å². The number of ether oxygens (including phenoxy) is 2. The van der Waals surface area contributed by atoms with Crippen LogP contribution in [0.4, 0.5) is 0 Å². The largest absolute Gasteiger partial charge is 0.497 e. The number of hydrogen-bond donors (Lipinski definition) is 1. The smallest absolute Gasteiger partial charge is 0.311 e. The summed E-state index contributed by atoms with van der Waals surface area (Å²) in [6.45, 7) is 2.21. The van der Waals surface area contributed by atoms with Crippen molar-refractivity contribution in [3.63, 3.8) is 0 Å². The van der Waals surface area contributed by atoms with E-state index in [1.54, 1.807) is 50.4 Å². The van der Waals surface area contributed by atoms with Gasteiger partial charge in [0.2, 0.25) is 0 Å². The number of nitrogens with two attached hydrogens (primary N) is 1. The normalized spacial score (nSPS) is 18.2. The SMILES string of the molecule is CCOCCS(=O)(=O)Oc1cccc(C2(c3ccc(OC)cc3)N=C(N)N(C)C2=O)c1.Cl. The molecule has 0 fully saturated rings. The van der Waals surface area contributed by atoms with Gasteiger partial charge in [0.05, 0.1) is 13.7 Å². The van der Waals surface area contributed by atoms with Gasteiger partial charge >= 0.3 is 10.1 Å². The van der Waals surface area contributed by atoms with Crippen LogP contribution in [-0.4, -0.2) is 58.3 Å². The fourth-order valence-corrected chi connectivity index (χ4v) is 4.09. The molecule has 1 amide bonds. The lowest BCUT2D eigenvalue weighted by molar-refractivity contribution is -0.129. The van der Waals surface area contributed by atoms with E-state index in [2.05, 4.69) is 4.99 Å². The molecule has 2 N–H and O–H groups in total. The van der Waals surface area contributed by atoms with Gasteiger partial charge in [-0.15, -0.1) is 12.4 Å². The number of likely N-dealkylation sites (N-methyl/N-ethyl adjacent to an activating group) is 1. The number of carbonyl (C=O) groups excluding carboxylic acids is 1. The number of carbonyl (C=O) groups is 1. The molecule has 0 saturated carbocycles. The molecular weight excluding hydrogens is 458 g/mol. The molecule has 1 aliphatic rings. The minimum Gasteiger partial charge on any atom is -0.497 e. The van der Waals surface area contributed by atoms with Crippen LogP contribution < -0.4 is 14.7 Å². The van der Waals surface area contributed by atoms with Crippen molar-refractivity contribution < 1.29 is 26.9 Å². The molecule has 2 aromatic carbocycles. The molecule has 11 heteroatoms. The van der Waals surface area contributed by atoms with Crippen molar-refractivity contribution >= 4 is 34.4 Å². The molecule has 0 bridgehead atoms. The Hall–Kier alpha value is -2.82. The summed E-state index contributed by atoms with van der Waals surface area (Å²) in [6, 6.07) is 13.1. The molecule has 1 unspecified atom stereocenters. The maximum atomic E-state index is 13.3. The highest BCUT2D eigenvalue weighted by atomic mass is 35.5. The molecular formula is C21H26ClN3O6S. The average molecular weight is 484 g/mol. The summed E-state index contributed by atoms with van der Waals surface area (Å²) in [5.74, 6) is 0.0784. The lowest BCUT2D eigenvalue weighted by Gasteiger charge is -2.26. The Morgan fingerprint density at radius 3 is 2.34 bits per heavy atom. The summed E-state index contributed by atoms with van der Waals surface area (Å²) in [4.78, 5) is 19.0. The Morgan fingerprint density at radius 1 is 1.09 bits per heavy atom. The van der Waals surface area contributed by atoms with Crippen LogP contribution in [0.15, 0.2) is 53.5 Å². The Kier molecular flexibility index (Phi) is 8.11. The van der Waals surface area contributed by atoms with Gasteiger partial charge in [0.25, 0.3) is 5.91 Å². The van der Waals surface area contributed by atoms with Gasteiger partial charge in [-0.05, 0) is 42.3 Å². The van der Waals surface area contributed by atoms with Crippen LogP contribution in [0, 0.1) is 0 Å². The Morgan fingerprint density at radius 2 is 1.78 bits per heavy atom. The van der Waals surface area contributed by atoms with E-state index in [-0.39, 0.29) is 42.4 Å². The summed E-state index contributed by atoms with van der Waals surface area (Å²) >= 11 is 0. The van der Waals surface area contributed by atoms with Crippen molar-refractivity contribution in [1.82, 2.24) is 4.90 Å². The minimum absolute atomic E-state index is 0. The van der Waals surface area contributed by atoms with Gasteiger partial charge in [-0.1, -0.05) is 24.3 Å². The third-order valence-electron chi connectivity index (χ3n) is 4.90. The molecule has 0 saturated heterocycles. The zero-order chi connectivity index (χ0) is 22.6. The second-order valence-electron chi connectivity index (χ2n) is 6.84. The van der Waals surface area contributed by atoms with Gasteiger partial charge in [0.15, 0.2) is 11.5 Å². The quantitative estimate of drug-likeness (QED) is 0.427. The second-order valence-corrected chi connectivity index (χ2v) is 8.53. The van der Waals surface area contributed by atoms with Crippen molar-refractivity contribution in [2.45, 2.75) is 12.5 Å². The van der Waals surface area contributed by atoms with Gasteiger partial charge < -0.3 is 19.4 Å². The van der Waals surface area contributed by atoms with Crippen LogP contribution in [0.25, 0.3) is 0 Å². The standard InChI is InChI=1S/C21H25N3O6S.ClH/c1-4-29-12-13-31(26,27)30-18-7-5-6-16(14-18)21(19(25)24(2)20(22)23-21)15-8-10-17(28-3)11-9-15;/h5-11,14H,4,12-13H2,1-3H3,(H2,22,23);1H. The van der Waals surface area contributed by atoms with E-state index in [9.17, 15) is 13.2 Å². The van der Waals surface area contributed by atoms with E-state index < -0.39 is 15.7 Å². The molecule has 3 rings (SSSR count). The molecule has 1 heterocycles. The van der Waals surface area contributed by atoms with Crippen LogP contribution in [0.2, 0.25) is 0 Å². The number of methoxy groups -OCH3 is 1. The molecule has 0 spiro atoms. The van der Waals surface area contributed by atoms with Crippen molar-refractivity contribution in [3.05, 3.63) is 59.7 Å². The van der Waals surface area contributed by atoms with Crippen LogP contribution in [0.5, 0.6) is 11.5 Å². The number of rotatable bonds is 9. The second kappa shape index (κ2) is 10.2. The molecule has 1 aliphatic heterocycles. The molecule has 174 valence electrons. The fraction of sp³-hybridized carbons (Fsp3) is 0.333. The number of guanidine groups is 1. The molecule has 9 nitrogen and oxygen atoms in total. The van der Waals surface area contributed by atoms with Crippen molar-refractivity contribution in [2.24, 2.45) is 10.7 Å². The lowest BCUT2D eigenvalue weighted by Crippen LogP contribution is -2.41. The summed E-state index contributed by atoms with van der Waals surface area (Å²) in [5, 5.41) is 0. The Bertz CT molecular complexity index is 1090. The summed E-state index contributed by atoms with van der Waals surface area (Å²) in [7, 11) is -0.796. The third-order valence-corrected chi connectivity index (χ3v) is 6.02. The topological polar surface area (TPSA) is 121 Å². The van der Waals surface area contributed by atoms with Gasteiger partial charge in [0.1, 0.15) is 17.3 Å². The van der Waals surface area contributed by atoms with Gasteiger partial charge in [-0.2, -0.15) is 8.42 Å². The van der Waals surface area contributed by atoms with E-state index in [1.807, 2.05) is 0 Å². The summed E-state index contributed by atoms with van der Waals surface area (Å²) in [6.07, 6.45) is 0. The average Bonchev–Trinajstić information content (AvgIpc) is 2.98.